The van der Waals surface area contributed by atoms with E-state index < -0.39 is 23.9 Å². The molecular formula is C14H15N5O4. The van der Waals surface area contributed by atoms with Crippen molar-refractivity contribution in [3.8, 4) is 0 Å². The fourth-order valence-corrected chi connectivity index (χ4v) is 2.09. The molecule has 3 amide bonds. The first-order valence-corrected chi connectivity index (χ1v) is 7.00. The SMILES string of the molecule is [N-]=[N+]=N[C@H](CNC(=O)ON1C(=O)CCC1=O)Cc1ccccc1. The molecule has 1 saturated heterocycles. The van der Waals surface area contributed by atoms with Crippen molar-refractivity contribution in [2.45, 2.75) is 25.3 Å². The van der Waals surface area contributed by atoms with Gasteiger partial charge in [0.25, 0.3) is 11.8 Å². The van der Waals surface area contributed by atoms with Gasteiger partial charge in [-0.05, 0) is 17.5 Å². The lowest BCUT2D eigenvalue weighted by molar-refractivity contribution is -0.171. The van der Waals surface area contributed by atoms with E-state index in [-0.39, 0.29) is 19.4 Å². The number of nitrogens with one attached hydrogen (secondary N) is 1. The fraction of sp³-hybridized carbons (Fsp3) is 0.357. The molecule has 1 heterocycles. The second-order valence-corrected chi connectivity index (χ2v) is 4.89. The first kappa shape index (κ1) is 16.3. The molecule has 0 bridgehead atoms. The van der Waals surface area contributed by atoms with Crippen LogP contribution in [0.25, 0.3) is 10.4 Å². The molecule has 0 unspecified atom stereocenters. The zero-order chi connectivity index (χ0) is 16.7. The Balaban J connectivity index is 1.86. The summed E-state index contributed by atoms with van der Waals surface area (Å²) < 4.78 is 0. The summed E-state index contributed by atoms with van der Waals surface area (Å²) in [6.07, 6.45) is -0.449. The number of hydrogen-bond acceptors (Lipinski definition) is 5. The molecule has 0 saturated carbocycles. The molecule has 1 aromatic rings. The fourth-order valence-electron chi connectivity index (χ4n) is 2.09. The van der Waals surface area contributed by atoms with Crippen LogP contribution in [0.4, 0.5) is 4.79 Å². The topological polar surface area (TPSA) is 124 Å². The van der Waals surface area contributed by atoms with Gasteiger partial charge in [-0.3, -0.25) is 9.59 Å². The van der Waals surface area contributed by atoms with Crippen LogP contribution in [0.1, 0.15) is 18.4 Å². The van der Waals surface area contributed by atoms with Crippen LogP contribution in [0.2, 0.25) is 0 Å². The van der Waals surface area contributed by atoms with Crippen LogP contribution < -0.4 is 5.32 Å². The van der Waals surface area contributed by atoms with E-state index in [1.807, 2.05) is 30.3 Å². The Hall–Kier alpha value is -3.06. The Morgan fingerprint density at radius 2 is 1.96 bits per heavy atom. The second-order valence-electron chi connectivity index (χ2n) is 4.89. The Morgan fingerprint density at radius 1 is 1.30 bits per heavy atom. The number of carbonyl (C=O) groups excluding carboxylic acids is 3. The standard InChI is InChI=1S/C14H15N5O4/c15-18-17-11(8-10-4-2-1-3-5-10)9-16-14(22)23-19-12(20)6-7-13(19)21/h1-5,11H,6-9H2,(H,16,22)/t11-/m0/s1. The van der Waals surface area contributed by atoms with Crippen molar-refractivity contribution in [3.63, 3.8) is 0 Å². The van der Waals surface area contributed by atoms with Gasteiger partial charge in [-0.25, -0.2) is 4.79 Å². The molecule has 1 aliphatic rings. The quantitative estimate of drug-likeness (QED) is 0.371. The number of amides is 3. The molecule has 23 heavy (non-hydrogen) atoms. The third kappa shape index (κ3) is 4.72. The summed E-state index contributed by atoms with van der Waals surface area (Å²) in [6.45, 7) is 0.0218. The summed E-state index contributed by atoms with van der Waals surface area (Å²) in [6, 6.07) is 8.81. The molecule has 1 aromatic carbocycles. The van der Waals surface area contributed by atoms with Crippen molar-refractivity contribution >= 4 is 17.9 Å². The van der Waals surface area contributed by atoms with Crippen molar-refractivity contribution in [1.29, 1.82) is 0 Å². The summed E-state index contributed by atoms with van der Waals surface area (Å²) in [5, 5.41) is 6.45. The van der Waals surface area contributed by atoms with Crippen molar-refractivity contribution in [2.24, 2.45) is 5.11 Å². The summed E-state index contributed by atoms with van der Waals surface area (Å²) >= 11 is 0. The van der Waals surface area contributed by atoms with E-state index in [0.717, 1.165) is 5.56 Å². The summed E-state index contributed by atoms with van der Waals surface area (Å²) in [5.74, 6) is -1.11. The maximum Gasteiger partial charge on any atom is 0.432 e. The molecule has 0 radical (unpaired) electrons. The Labute approximate surface area is 131 Å². The number of nitrogens with zero attached hydrogens (tertiary/aromatic N) is 4. The zero-order valence-corrected chi connectivity index (χ0v) is 12.2. The van der Waals surface area contributed by atoms with Crippen molar-refractivity contribution in [3.05, 3.63) is 46.3 Å². The van der Waals surface area contributed by atoms with Crippen LogP contribution in [0.5, 0.6) is 0 Å². The van der Waals surface area contributed by atoms with Gasteiger partial charge in [0.2, 0.25) is 0 Å². The number of hydroxylamine groups is 2. The molecule has 1 atom stereocenters. The van der Waals surface area contributed by atoms with E-state index in [1.54, 1.807) is 0 Å². The van der Waals surface area contributed by atoms with Gasteiger partial charge < -0.3 is 10.2 Å². The van der Waals surface area contributed by atoms with Crippen LogP contribution >= 0.6 is 0 Å². The predicted molar refractivity (Wildman–Crippen MR) is 78.7 cm³/mol. The summed E-state index contributed by atoms with van der Waals surface area (Å²) in [4.78, 5) is 41.7. The number of rotatable bonds is 6. The highest BCUT2D eigenvalue weighted by molar-refractivity contribution is 6.01. The first-order chi connectivity index (χ1) is 11.1. The average Bonchev–Trinajstić information content (AvgIpc) is 2.86. The van der Waals surface area contributed by atoms with Crippen LogP contribution in [-0.2, 0) is 20.8 Å². The number of carbonyl (C=O) groups is 3. The van der Waals surface area contributed by atoms with Gasteiger partial charge in [0, 0.05) is 24.3 Å². The molecule has 9 heteroatoms. The number of imide groups is 1. The molecular weight excluding hydrogens is 302 g/mol. The van der Waals surface area contributed by atoms with Crippen LogP contribution in [0.3, 0.4) is 0 Å². The Bertz CT molecular complexity index is 626. The highest BCUT2D eigenvalue weighted by Crippen LogP contribution is 2.12. The minimum atomic E-state index is -0.945. The minimum Gasteiger partial charge on any atom is -0.319 e. The number of hydrogen-bond donors (Lipinski definition) is 1. The van der Waals surface area contributed by atoms with E-state index in [0.29, 0.717) is 11.5 Å². The normalized spacial score (nSPS) is 15.0. The monoisotopic (exact) mass is 317 g/mol. The summed E-state index contributed by atoms with van der Waals surface area (Å²) in [5.41, 5.74) is 9.55. The van der Waals surface area contributed by atoms with Crippen LogP contribution in [-0.4, -0.2) is 35.6 Å². The third-order valence-corrected chi connectivity index (χ3v) is 3.19. The van der Waals surface area contributed by atoms with Gasteiger partial charge in [-0.15, -0.1) is 5.06 Å². The zero-order valence-electron chi connectivity index (χ0n) is 12.2. The molecule has 120 valence electrons. The molecule has 1 N–H and O–H groups in total. The van der Waals surface area contributed by atoms with Crippen LogP contribution in [0.15, 0.2) is 35.4 Å². The number of benzene rings is 1. The van der Waals surface area contributed by atoms with Gasteiger partial charge >= 0.3 is 6.09 Å². The van der Waals surface area contributed by atoms with E-state index in [9.17, 15) is 14.4 Å². The van der Waals surface area contributed by atoms with E-state index in [1.165, 1.54) is 0 Å². The van der Waals surface area contributed by atoms with Gasteiger partial charge in [0.1, 0.15) is 0 Å². The molecule has 1 aliphatic heterocycles. The van der Waals surface area contributed by atoms with E-state index in [2.05, 4.69) is 20.2 Å². The molecule has 9 nitrogen and oxygen atoms in total. The largest absolute Gasteiger partial charge is 0.432 e. The Morgan fingerprint density at radius 3 is 2.57 bits per heavy atom. The maximum absolute atomic E-state index is 11.6. The first-order valence-electron chi connectivity index (χ1n) is 7.00. The lowest BCUT2D eigenvalue weighted by Crippen LogP contribution is -2.39. The van der Waals surface area contributed by atoms with Gasteiger partial charge in [-0.2, -0.15) is 0 Å². The van der Waals surface area contributed by atoms with Gasteiger partial charge in [0.15, 0.2) is 0 Å². The van der Waals surface area contributed by atoms with Crippen molar-refractivity contribution in [1.82, 2.24) is 10.4 Å². The van der Waals surface area contributed by atoms with Crippen molar-refractivity contribution in [2.75, 3.05) is 6.54 Å². The van der Waals surface area contributed by atoms with E-state index in [4.69, 9.17) is 5.53 Å². The molecule has 1 fully saturated rings. The average molecular weight is 317 g/mol. The minimum absolute atomic E-state index is 0.0218. The van der Waals surface area contributed by atoms with Gasteiger partial charge in [-0.1, -0.05) is 35.4 Å². The predicted octanol–water partition coefficient (Wildman–Crippen LogP) is 1.70. The number of azide groups is 1. The second kappa shape index (κ2) is 7.81. The van der Waals surface area contributed by atoms with Gasteiger partial charge in [0.05, 0.1) is 6.04 Å². The highest BCUT2D eigenvalue weighted by Gasteiger charge is 2.32. The lowest BCUT2D eigenvalue weighted by atomic mass is 10.1. The third-order valence-electron chi connectivity index (χ3n) is 3.19. The van der Waals surface area contributed by atoms with E-state index >= 15 is 0 Å². The molecule has 2 rings (SSSR count). The Kier molecular flexibility index (Phi) is 5.54. The molecule has 0 aliphatic carbocycles. The summed E-state index contributed by atoms with van der Waals surface area (Å²) in [7, 11) is 0. The maximum atomic E-state index is 11.6. The van der Waals surface area contributed by atoms with Crippen molar-refractivity contribution < 1.29 is 19.2 Å². The van der Waals surface area contributed by atoms with Crippen LogP contribution in [0, 0.1) is 0 Å². The molecule has 0 aromatic heterocycles. The lowest BCUT2D eigenvalue weighted by Gasteiger charge is -2.15. The smallest absolute Gasteiger partial charge is 0.319 e. The molecule has 0 spiro atoms. The highest BCUT2D eigenvalue weighted by atomic mass is 16.7.